The number of likely N-dealkylation sites (tertiary alicyclic amines) is 1. The standard InChI is InChI=1S/C19H29N3O2/c20-17-8-4-5-9-18(17)21-16-10-12-22(13-11-16)19(24-14-23)15-6-2-1-3-7-15/h1-3,6-7,14,16-19,21H,4-5,8-13,20H2. The summed E-state index contributed by atoms with van der Waals surface area (Å²) in [6.07, 6.45) is 6.74. The summed E-state index contributed by atoms with van der Waals surface area (Å²) in [6, 6.07) is 11.2. The van der Waals surface area contributed by atoms with Gasteiger partial charge in [0, 0.05) is 36.8 Å². The molecular formula is C19H29N3O2. The van der Waals surface area contributed by atoms with Crippen LogP contribution < -0.4 is 11.1 Å². The van der Waals surface area contributed by atoms with E-state index < -0.39 is 0 Å². The van der Waals surface area contributed by atoms with E-state index in [2.05, 4.69) is 10.2 Å². The zero-order valence-electron chi connectivity index (χ0n) is 14.3. The van der Waals surface area contributed by atoms with Crippen LogP contribution in [0.25, 0.3) is 0 Å². The van der Waals surface area contributed by atoms with Gasteiger partial charge in [-0.1, -0.05) is 43.2 Å². The van der Waals surface area contributed by atoms with Gasteiger partial charge in [0.05, 0.1) is 0 Å². The van der Waals surface area contributed by atoms with E-state index in [9.17, 15) is 4.79 Å². The molecule has 3 rings (SSSR count). The second-order valence-corrected chi connectivity index (χ2v) is 7.03. The summed E-state index contributed by atoms with van der Waals surface area (Å²) in [5.74, 6) is 0. The van der Waals surface area contributed by atoms with E-state index in [-0.39, 0.29) is 6.23 Å². The van der Waals surface area contributed by atoms with Crippen LogP contribution in [0.4, 0.5) is 0 Å². The average Bonchev–Trinajstić information content (AvgIpc) is 2.63. The van der Waals surface area contributed by atoms with Crippen molar-refractivity contribution < 1.29 is 9.53 Å². The highest BCUT2D eigenvalue weighted by Crippen LogP contribution is 2.26. The third kappa shape index (κ3) is 4.35. The molecule has 0 aromatic heterocycles. The minimum absolute atomic E-state index is 0.276. The first kappa shape index (κ1) is 17.4. The van der Waals surface area contributed by atoms with Crippen molar-refractivity contribution in [2.45, 2.75) is 62.9 Å². The molecule has 1 aromatic rings. The van der Waals surface area contributed by atoms with Crippen molar-refractivity contribution in [3.05, 3.63) is 35.9 Å². The van der Waals surface area contributed by atoms with E-state index >= 15 is 0 Å². The van der Waals surface area contributed by atoms with Gasteiger partial charge in [-0.05, 0) is 25.7 Å². The van der Waals surface area contributed by atoms with Gasteiger partial charge < -0.3 is 15.8 Å². The van der Waals surface area contributed by atoms with Crippen LogP contribution in [-0.2, 0) is 9.53 Å². The number of nitrogens with one attached hydrogen (secondary N) is 1. The number of benzene rings is 1. The Bertz CT molecular complexity index is 503. The summed E-state index contributed by atoms with van der Waals surface area (Å²) in [5.41, 5.74) is 7.29. The van der Waals surface area contributed by atoms with Gasteiger partial charge in [-0.15, -0.1) is 0 Å². The van der Waals surface area contributed by atoms with Crippen molar-refractivity contribution in [2.75, 3.05) is 13.1 Å². The molecule has 3 atom stereocenters. The molecule has 1 heterocycles. The minimum Gasteiger partial charge on any atom is -0.444 e. The molecule has 5 heteroatoms. The van der Waals surface area contributed by atoms with Crippen LogP contribution >= 0.6 is 0 Å². The van der Waals surface area contributed by atoms with Crippen molar-refractivity contribution in [3.63, 3.8) is 0 Å². The van der Waals surface area contributed by atoms with Gasteiger partial charge in [0.15, 0.2) is 6.23 Å². The first-order valence-electron chi connectivity index (χ1n) is 9.17. The van der Waals surface area contributed by atoms with Crippen molar-refractivity contribution in [1.82, 2.24) is 10.2 Å². The minimum atomic E-state index is -0.276. The highest BCUT2D eigenvalue weighted by atomic mass is 16.5. The number of carbonyl (C=O) groups excluding carboxylic acids is 1. The molecule has 132 valence electrons. The lowest BCUT2D eigenvalue weighted by molar-refractivity contribution is -0.145. The van der Waals surface area contributed by atoms with Crippen molar-refractivity contribution in [1.29, 1.82) is 0 Å². The maximum Gasteiger partial charge on any atom is 0.294 e. The van der Waals surface area contributed by atoms with E-state index in [1.807, 2.05) is 30.3 Å². The molecule has 1 saturated heterocycles. The molecule has 0 bridgehead atoms. The first-order valence-corrected chi connectivity index (χ1v) is 9.17. The number of hydrogen-bond donors (Lipinski definition) is 2. The summed E-state index contributed by atoms with van der Waals surface area (Å²) in [7, 11) is 0. The SMILES string of the molecule is NC1CCCCC1NC1CCN(C(OC=O)c2ccccc2)CC1. The molecule has 1 aliphatic carbocycles. The topological polar surface area (TPSA) is 67.6 Å². The molecule has 2 aliphatic rings. The maximum absolute atomic E-state index is 10.9. The van der Waals surface area contributed by atoms with Crippen molar-refractivity contribution in [2.24, 2.45) is 5.73 Å². The lowest BCUT2D eigenvalue weighted by Crippen LogP contribution is -2.53. The Morgan fingerprint density at radius 1 is 1.12 bits per heavy atom. The molecule has 24 heavy (non-hydrogen) atoms. The highest BCUT2D eigenvalue weighted by molar-refractivity contribution is 5.38. The zero-order valence-corrected chi connectivity index (χ0v) is 14.3. The molecule has 5 nitrogen and oxygen atoms in total. The number of carbonyl (C=O) groups is 1. The van der Waals surface area contributed by atoms with Gasteiger partial charge in [-0.2, -0.15) is 0 Å². The molecule has 1 aliphatic heterocycles. The molecule has 2 fully saturated rings. The fourth-order valence-corrected chi connectivity index (χ4v) is 4.02. The van der Waals surface area contributed by atoms with Crippen LogP contribution in [0, 0.1) is 0 Å². The lowest BCUT2D eigenvalue weighted by atomic mass is 9.89. The predicted octanol–water partition coefficient (Wildman–Crippen LogP) is 2.18. The molecule has 0 amide bonds. The van der Waals surface area contributed by atoms with E-state index in [1.54, 1.807) is 0 Å². The van der Waals surface area contributed by atoms with Gasteiger partial charge in [-0.25, -0.2) is 0 Å². The van der Waals surface area contributed by atoms with Gasteiger partial charge >= 0.3 is 0 Å². The Morgan fingerprint density at radius 2 is 1.83 bits per heavy atom. The Hall–Kier alpha value is -1.43. The largest absolute Gasteiger partial charge is 0.444 e. The third-order valence-electron chi connectivity index (χ3n) is 5.40. The number of ether oxygens (including phenoxy) is 1. The fraction of sp³-hybridized carbons (Fsp3) is 0.632. The van der Waals surface area contributed by atoms with Gasteiger partial charge in [0.1, 0.15) is 0 Å². The Labute approximate surface area is 144 Å². The summed E-state index contributed by atoms with van der Waals surface area (Å²) in [4.78, 5) is 13.2. The number of piperidine rings is 1. The van der Waals surface area contributed by atoms with E-state index in [0.717, 1.165) is 37.9 Å². The molecule has 0 spiro atoms. The van der Waals surface area contributed by atoms with Crippen molar-refractivity contribution in [3.8, 4) is 0 Å². The molecular weight excluding hydrogens is 302 g/mol. The maximum atomic E-state index is 10.9. The van der Waals surface area contributed by atoms with Crippen LogP contribution in [0.2, 0.25) is 0 Å². The van der Waals surface area contributed by atoms with E-state index in [4.69, 9.17) is 10.5 Å². The van der Waals surface area contributed by atoms with Gasteiger partial charge in [0.2, 0.25) is 0 Å². The highest BCUT2D eigenvalue weighted by Gasteiger charge is 2.30. The number of rotatable bonds is 6. The number of nitrogens with two attached hydrogens (primary N) is 1. The van der Waals surface area contributed by atoms with Crippen LogP contribution in [-0.4, -0.2) is 42.6 Å². The van der Waals surface area contributed by atoms with Crippen LogP contribution in [0.15, 0.2) is 30.3 Å². The summed E-state index contributed by atoms with van der Waals surface area (Å²) in [5, 5.41) is 3.78. The van der Waals surface area contributed by atoms with Gasteiger partial charge in [-0.3, -0.25) is 9.69 Å². The van der Waals surface area contributed by atoms with Gasteiger partial charge in [0.25, 0.3) is 6.47 Å². The van der Waals surface area contributed by atoms with Crippen LogP contribution in [0.3, 0.4) is 0 Å². The second-order valence-electron chi connectivity index (χ2n) is 7.03. The average molecular weight is 331 g/mol. The summed E-state index contributed by atoms with van der Waals surface area (Å²) < 4.78 is 5.37. The Kier molecular flexibility index (Phi) is 6.24. The first-order chi connectivity index (χ1) is 11.8. The Balaban J connectivity index is 1.54. The molecule has 1 saturated carbocycles. The third-order valence-corrected chi connectivity index (χ3v) is 5.40. The number of nitrogens with zero attached hydrogens (tertiary/aromatic N) is 1. The summed E-state index contributed by atoms with van der Waals surface area (Å²) in [6.45, 7) is 2.41. The predicted molar refractivity (Wildman–Crippen MR) is 94.3 cm³/mol. The van der Waals surface area contributed by atoms with Crippen molar-refractivity contribution >= 4 is 6.47 Å². The van der Waals surface area contributed by atoms with Crippen LogP contribution in [0.5, 0.6) is 0 Å². The second kappa shape index (κ2) is 8.60. The molecule has 1 aromatic carbocycles. The lowest BCUT2D eigenvalue weighted by Gasteiger charge is -2.39. The quantitative estimate of drug-likeness (QED) is 0.782. The smallest absolute Gasteiger partial charge is 0.294 e. The molecule has 3 unspecified atom stereocenters. The van der Waals surface area contributed by atoms with E-state index in [0.29, 0.717) is 24.6 Å². The van der Waals surface area contributed by atoms with Crippen LogP contribution in [0.1, 0.15) is 50.3 Å². The fourth-order valence-electron chi connectivity index (χ4n) is 4.02. The molecule has 0 radical (unpaired) electrons. The van der Waals surface area contributed by atoms with E-state index in [1.165, 1.54) is 19.3 Å². The normalized spacial score (nSPS) is 27.5. The Morgan fingerprint density at radius 3 is 2.50 bits per heavy atom. The number of hydrogen-bond acceptors (Lipinski definition) is 5. The monoisotopic (exact) mass is 331 g/mol. The summed E-state index contributed by atoms with van der Waals surface area (Å²) >= 11 is 0. The zero-order chi connectivity index (χ0) is 16.8. The molecule has 3 N–H and O–H groups in total.